The third kappa shape index (κ3) is 27.7. The molecule has 2 aliphatic rings. The van der Waals surface area contributed by atoms with Crippen molar-refractivity contribution in [1.29, 1.82) is 0 Å². The van der Waals surface area contributed by atoms with Crippen LogP contribution in [0.1, 0.15) is 69.8 Å². The van der Waals surface area contributed by atoms with Gasteiger partial charge in [0.15, 0.2) is 17.4 Å². The van der Waals surface area contributed by atoms with E-state index in [-0.39, 0.29) is 47.5 Å². The number of rotatable bonds is 8. The van der Waals surface area contributed by atoms with Gasteiger partial charge in [-0.2, -0.15) is 5.10 Å². The maximum atomic E-state index is 13.8. The third-order valence-corrected chi connectivity index (χ3v) is 12.5. The fourth-order valence-corrected chi connectivity index (χ4v) is 7.68. The van der Waals surface area contributed by atoms with E-state index in [1.54, 1.807) is 88.5 Å². The second-order valence-electron chi connectivity index (χ2n) is 19.7. The molecule has 3 N–H and O–H groups in total. The molecule has 96 heavy (non-hydrogen) atoms. The number of esters is 1. The number of ether oxygens (including phenoxy) is 1. The van der Waals surface area contributed by atoms with Gasteiger partial charge in [0, 0.05) is 174 Å². The largest absolute Gasteiger partial charge is 0.491 e. The number of carbonyl (C=O) groups is 3. The number of aromatic amines is 1. The maximum Gasteiger partial charge on any atom is 0.491 e. The number of amides is 1. The first-order chi connectivity index (χ1) is 44.9. The van der Waals surface area contributed by atoms with E-state index in [1.165, 1.54) is 83.4 Å². The molecule has 4 aromatic heterocycles. The molecule has 0 saturated heterocycles. The zero-order valence-corrected chi connectivity index (χ0v) is 56.8. The zero-order chi connectivity index (χ0) is 71.2. The number of aromatic nitrogens is 8. The molecule has 0 saturated carbocycles. The minimum absolute atomic E-state index is 0. The van der Waals surface area contributed by atoms with Crippen LogP contribution in [0.2, 0.25) is 0 Å². The molecule has 0 radical (unpaired) electrons. The van der Waals surface area contributed by atoms with Crippen molar-refractivity contribution in [2.45, 2.75) is 54.9 Å². The SMILES string of the molecule is BrC1=CN=CC1.C.CC(=O)N(C)C.CC(=O)c1nc(-c2ccc(F)cc2F)cn1C.CCOC(C)=O.CI.Cc1cc(-c2nc(-c3ccc(F)cc3F)cn2C)n[nH]1.Cn1cnc(-c2ccc(F)cc2F)c1.Fc1ccc(C2=CCC=N2)c(F)c1.OB(O)c1ccc(F)cc1F. The van der Waals surface area contributed by atoms with Crippen molar-refractivity contribution in [2.24, 2.45) is 31.1 Å². The summed E-state index contributed by atoms with van der Waals surface area (Å²) in [6.45, 7) is 8.45. The van der Waals surface area contributed by atoms with Crippen LogP contribution < -0.4 is 5.46 Å². The van der Waals surface area contributed by atoms with Gasteiger partial charge in [-0.1, -0.05) is 58.1 Å². The Hall–Kier alpha value is -9.14. The molecular weight excluding hydrogens is 1450 g/mol. The van der Waals surface area contributed by atoms with Gasteiger partial charge in [0.2, 0.25) is 5.91 Å². The number of alkyl halides is 1. The molecule has 0 bridgehead atoms. The van der Waals surface area contributed by atoms with Crippen LogP contribution in [0.15, 0.2) is 149 Å². The van der Waals surface area contributed by atoms with Gasteiger partial charge >= 0.3 is 13.1 Å². The Morgan fingerprint density at radius 2 is 1.10 bits per heavy atom. The Bertz CT molecular complexity index is 4140. The predicted molar refractivity (Wildman–Crippen MR) is 365 cm³/mol. The molecule has 6 heterocycles. The van der Waals surface area contributed by atoms with Crippen LogP contribution in [0.4, 0.5) is 43.9 Å². The second-order valence-corrected chi connectivity index (χ2v) is 20.7. The number of nitrogens with zero attached hydrogens (tertiary/aromatic N) is 10. The summed E-state index contributed by atoms with van der Waals surface area (Å²) in [5.74, 6) is -6.05. The number of hydrogen-bond acceptors (Lipinski definition) is 12. The van der Waals surface area contributed by atoms with Gasteiger partial charge in [-0.15, -0.1) is 0 Å². The number of allylic oxidation sites excluding steroid dienone is 2. The van der Waals surface area contributed by atoms with Crippen LogP contribution in [0, 0.1) is 65.1 Å². The quantitative estimate of drug-likeness (QED) is 0.0327. The lowest BCUT2D eigenvalue weighted by Crippen LogP contribution is -2.32. The fourth-order valence-electron chi connectivity index (χ4n) is 7.42. The van der Waals surface area contributed by atoms with Crippen LogP contribution in [0.5, 0.6) is 0 Å². The molecule has 2 aliphatic heterocycles. The van der Waals surface area contributed by atoms with Crippen molar-refractivity contribution in [2.75, 3.05) is 25.6 Å². The number of hydrogen-bond donors (Lipinski definition) is 3. The second kappa shape index (κ2) is 41.6. The monoisotopic (exact) mass is 1520 g/mol. The highest BCUT2D eigenvalue weighted by atomic mass is 127. The molecule has 0 atom stereocenters. The molecule has 0 aliphatic carbocycles. The first-order valence-electron chi connectivity index (χ1n) is 27.9. The Labute approximate surface area is 571 Å². The first-order valence-corrected chi connectivity index (χ1v) is 30.8. The summed E-state index contributed by atoms with van der Waals surface area (Å²) in [5.41, 5.74) is 4.22. The number of imidazole rings is 3. The van der Waals surface area contributed by atoms with Crippen molar-refractivity contribution in [3.63, 3.8) is 0 Å². The average Bonchev–Trinajstić information content (AvgIpc) is 1.66. The lowest BCUT2D eigenvalue weighted by molar-refractivity contribution is -0.140. The fraction of sp³-hybridized carbons (Fsp3) is 0.227. The van der Waals surface area contributed by atoms with E-state index in [2.05, 4.69) is 78.4 Å². The summed E-state index contributed by atoms with van der Waals surface area (Å²) in [6.07, 6.45) is 15.3. The van der Waals surface area contributed by atoms with Gasteiger partial charge in [0.05, 0.1) is 35.7 Å². The summed E-state index contributed by atoms with van der Waals surface area (Å²) >= 11 is 5.42. The maximum absolute atomic E-state index is 13.8. The molecule has 1 amide bonds. The Morgan fingerprint density at radius 3 is 1.43 bits per heavy atom. The lowest BCUT2D eigenvalue weighted by Gasteiger charge is -2.02. The van der Waals surface area contributed by atoms with E-state index >= 15 is 0 Å². The highest BCUT2D eigenvalue weighted by Gasteiger charge is 2.18. The molecule has 0 spiro atoms. The van der Waals surface area contributed by atoms with E-state index in [9.17, 15) is 58.3 Å². The highest BCUT2D eigenvalue weighted by molar-refractivity contribution is 14.1. The highest BCUT2D eigenvalue weighted by Crippen LogP contribution is 2.28. The number of aryl methyl sites for hydroxylation is 4. The normalized spacial score (nSPS) is 11.0. The van der Waals surface area contributed by atoms with E-state index < -0.39 is 65.3 Å². The van der Waals surface area contributed by atoms with E-state index in [1.807, 2.05) is 24.1 Å². The van der Waals surface area contributed by atoms with Gasteiger partial charge in [-0.05, 0) is 79.4 Å². The van der Waals surface area contributed by atoms with E-state index in [4.69, 9.17) is 10.0 Å². The minimum Gasteiger partial charge on any atom is -0.466 e. The van der Waals surface area contributed by atoms with Crippen molar-refractivity contribution < 1.29 is 73.1 Å². The number of Topliss-reactive ketones (excluding diaryl/α,β-unsaturated/α-hetero) is 1. The lowest BCUT2D eigenvalue weighted by atomic mass is 9.80. The van der Waals surface area contributed by atoms with E-state index in [0.717, 1.165) is 54.6 Å². The molecule has 5 aromatic carbocycles. The van der Waals surface area contributed by atoms with Crippen LogP contribution in [0.25, 0.3) is 51.0 Å². The summed E-state index contributed by atoms with van der Waals surface area (Å²) in [4.78, 5) is 54.8. The van der Waals surface area contributed by atoms with Crippen molar-refractivity contribution in [3.8, 4) is 45.3 Å². The van der Waals surface area contributed by atoms with E-state index in [0.29, 0.717) is 64.5 Å². The van der Waals surface area contributed by atoms with Gasteiger partial charge < -0.3 is 33.4 Å². The summed E-state index contributed by atoms with van der Waals surface area (Å²) in [5, 5.41) is 23.9. The molecule has 9 aromatic rings. The minimum atomic E-state index is -1.89. The Balaban J connectivity index is 0.000000384. The molecule has 30 heteroatoms. The number of benzene rings is 5. The Kier molecular flexibility index (Phi) is 36.0. The Morgan fingerprint density at radius 1 is 0.646 bits per heavy atom. The summed E-state index contributed by atoms with van der Waals surface area (Å²) in [7, 11) is 6.80. The molecular formula is C66H70BBrF10IN11O6. The van der Waals surface area contributed by atoms with Crippen molar-refractivity contribution >= 4 is 86.9 Å². The molecule has 11 rings (SSSR count). The smallest absolute Gasteiger partial charge is 0.466 e. The molecule has 512 valence electrons. The standard InChI is InChI=1S/C14H12F2N4.C12H10F2N2O.C10H8F2N2.C10H7F2N.C6H5BF2O2.C4H4BrN.C4H9NO.C4H8O2.CH3I.CH4/c1-8-5-12(19-18-8)14-17-13(7-20(14)2)10-4-3-9(15)6-11(10)16;1-7(17)12-15-11(6-16(12)2)9-4-3-8(13)5-10(9)14;1-14-5-10(13-6-14)8-3-2-7(11)4-9(8)12;11-7-3-4-8(9(12)6-7)10-2-1-5-13-10;8-4-1-2-5(7(10)11)6(9)3-4;5-4-1-2-6-3-4;1-4(6)5(2)3;1-3-6-4(2)5;1-2;/h3-7H,1-2H3,(H,18,19);3-6H,1-2H3;2-6H,1H3;2-6H,1H2;1-3,10-11H;2-3H,1H2;1-3H3;3H2,1-2H3;1H3;1H4. The zero-order valence-electron chi connectivity index (χ0n) is 53.1. The predicted octanol–water partition coefficient (Wildman–Crippen LogP) is 14.5. The average molecular weight is 1520 g/mol. The topological polar surface area (TPSA) is 211 Å². The number of ketones is 1. The molecule has 0 fully saturated rings. The van der Waals surface area contributed by atoms with Crippen molar-refractivity contribution in [3.05, 3.63) is 214 Å². The number of halogens is 12. The number of aliphatic imine (C=N–C) groups is 2. The molecule has 17 nitrogen and oxygen atoms in total. The summed E-state index contributed by atoms with van der Waals surface area (Å²) in [6, 6.07) is 18.0. The van der Waals surface area contributed by atoms with Gasteiger partial charge in [-0.3, -0.25) is 29.5 Å². The third-order valence-electron chi connectivity index (χ3n) is 12.0. The first kappa shape index (κ1) is 83.0. The number of nitrogens with one attached hydrogen (secondary N) is 1. The van der Waals surface area contributed by atoms with Crippen LogP contribution in [0.3, 0.4) is 0 Å². The van der Waals surface area contributed by atoms with Gasteiger partial charge in [-0.25, -0.2) is 58.9 Å². The van der Waals surface area contributed by atoms with Crippen LogP contribution in [-0.2, 0) is 35.5 Å². The summed E-state index contributed by atoms with van der Waals surface area (Å²) < 4.78 is 140. The van der Waals surface area contributed by atoms with Gasteiger partial charge in [0.25, 0.3) is 0 Å². The number of H-pyrrole nitrogens is 1. The van der Waals surface area contributed by atoms with Crippen LogP contribution in [-0.4, -0.2) is 117 Å². The van der Waals surface area contributed by atoms with Crippen LogP contribution >= 0.6 is 38.5 Å². The van der Waals surface area contributed by atoms with Crippen molar-refractivity contribution in [1.82, 2.24) is 43.8 Å². The number of carbonyl (C=O) groups excluding carboxylic acids is 3. The molecule has 0 unspecified atom stereocenters. The van der Waals surface area contributed by atoms with Gasteiger partial charge in [0.1, 0.15) is 63.9 Å².